The fourth-order valence-electron chi connectivity index (χ4n) is 2.63. The smallest absolute Gasteiger partial charge is 0.343 e. The average Bonchev–Trinajstić information content (AvgIpc) is 2.81. The molecule has 9 heteroatoms. The summed E-state index contributed by atoms with van der Waals surface area (Å²) in [6, 6.07) is 18.5. The molecular formula is C23H19N3O6. The van der Waals surface area contributed by atoms with Crippen molar-refractivity contribution in [2.24, 2.45) is 5.10 Å². The molecule has 0 aromatic heterocycles. The Morgan fingerprint density at radius 1 is 1.00 bits per heavy atom. The summed E-state index contributed by atoms with van der Waals surface area (Å²) in [6.45, 7) is 2.42. The van der Waals surface area contributed by atoms with Gasteiger partial charge in [-0.25, -0.2) is 10.2 Å². The molecule has 0 aliphatic carbocycles. The number of nitro groups is 1. The number of amides is 1. The van der Waals surface area contributed by atoms with E-state index < -0.39 is 16.8 Å². The number of nitrogens with zero attached hydrogens (tertiary/aromatic N) is 2. The Balaban J connectivity index is 1.55. The number of hydrogen-bond donors (Lipinski definition) is 1. The van der Waals surface area contributed by atoms with Crippen molar-refractivity contribution < 1.29 is 24.0 Å². The number of non-ortho nitro benzene ring substituents is 1. The molecule has 0 bridgehead atoms. The molecule has 0 aliphatic rings. The molecule has 1 N–H and O–H groups in total. The fraction of sp³-hybridized carbons (Fsp3) is 0.0870. The van der Waals surface area contributed by atoms with Gasteiger partial charge in [0.25, 0.3) is 11.6 Å². The van der Waals surface area contributed by atoms with Gasteiger partial charge in [-0.1, -0.05) is 6.07 Å². The van der Waals surface area contributed by atoms with Crippen molar-refractivity contribution >= 4 is 23.8 Å². The van der Waals surface area contributed by atoms with Crippen LogP contribution in [0.3, 0.4) is 0 Å². The van der Waals surface area contributed by atoms with Crippen molar-refractivity contribution in [1.82, 2.24) is 5.43 Å². The van der Waals surface area contributed by atoms with Gasteiger partial charge in [0.05, 0.1) is 23.3 Å². The summed E-state index contributed by atoms with van der Waals surface area (Å²) >= 11 is 0. The predicted molar refractivity (Wildman–Crippen MR) is 117 cm³/mol. The standard InChI is InChI=1S/C23H19N3O6/c1-2-31-20-12-8-17(9-13-20)23(28)32-21-10-6-16(7-11-21)15-24-25-22(27)18-4-3-5-19(14-18)26(29)30/h3-15H,2H2,1H3,(H,25,27)/b24-15-. The molecule has 0 heterocycles. The van der Waals surface area contributed by atoms with E-state index in [0.29, 0.717) is 29.2 Å². The summed E-state index contributed by atoms with van der Waals surface area (Å²) < 4.78 is 10.7. The molecule has 162 valence electrons. The van der Waals surface area contributed by atoms with Gasteiger partial charge >= 0.3 is 5.97 Å². The summed E-state index contributed by atoms with van der Waals surface area (Å²) in [5.74, 6) is -0.0588. The van der Waals surface area contributed by atoms with Crippen LogP contribution in [0.1, 0.15) is 33.2 Å². The lowest BCUT2D eigenvalue weighted by Crippen LogP contribution is -2.17. The molecule has 0 spiro atoms. The first-order valence-corrected chi connectivity index (χ1v) is 9.59. The van der Waals surface area contributed by atoms with Crippen molar-refractivity contribution in [1.29, 1.82) is 0 Å². The van der Waals surface area contributed by atoms with E-state index in [-0.39, 0.29) is 11.3 Å². The van der Waals surface area contributed by atoms with E-state index in [0.717, 1.165) is 0 Å². The summed E-state index contributed by atoms with van der Waals surface area (Å²) in [4.78, 5) is 34.5. The van der Waals surface area contributed by atoms with Gasteiger partial charge in [0, 0.05) is 17.7 Å². The number of nitrogens with one attached hydrogen (secondary N) is 1. The number of esters is 1. The second-order valence-corrected chi connectivity index (χ2v) is 6.42. The summed E-state index contributed by atoms with van der Waals surface area (Å²) in [7, 11) is 0. The highest BCUT2D eigenvalue weighted by molar-refractivity contribution is 5.95. The van der Waals surface area contributed by atoms with Crippen LogP contribution in [0.25, 0.3) is 0 Å². The molecule has 0 saturated heterocycles. The molecule has 32 heavy (non-hydrogen) atoms. The SMILES string of the molecule is CCOc1ccc(C(=O)Oc2ccc(/C=N\NC(=O)c3cccc([N+](=O)[O-])c3)cc2)cc1. The van der Waals surface area contributed by atoms with Crippen molar-refractivity contribution in [3.8, 4) is 11.5 Å². The molecule has 1 amide bonds. The molecular weight excluding hydrogens is 414 g/mol. The lowest BCUT2D eigenvalue weighted by molar-refractivity contribution is -0.384. The van der Waals surface area contributed by atoms with E-state index in [2.05, 4.69) is 10.5 Å². The lowest BCUT2D eigenvalue weighted by atomic mass is 10.2. The Labute approximate surface area is 183 Å². The van der Waals surface area contributed by atoms with Crippen LogP contribution in [0.15, 0.2) is 77.9 Å². The Bertz CT molecular complexity index is 1140. The molecule has 3 aromatic rings. The number of hydrogen-bond acceptors (Lipinski definition) is 7. The van der Waals surface area contributed by atoms with Crippen LogP contribution >= 0.6 is 0 Å². The Kier molecular flexibility index (Phi) is 7.26. The van der Waals surface area contributed by atoms with Crippen molar-refractivity contribution in [2.75, 3.05) is 6.61 Å². The third-order valence-electron chi connectivity index (χ3n) is 4.19. The van der Waals surface area contributed by atoms with Crippen molar-refractivity contribution in [2.45, 2.75) is 6.92 Å². The number of nitro benzene ring substituents is 1. The minimum Gasteiger partial charge on any atom is -0.494 e. The molecule has 9 nitrogen and oxygen atoms in total. The molecule has 0 radical (unpaired) electrons. The van der Waals surface area contributed by atoms with E-state index >= 15 is 0 Å². The maximum atomic E-state index is 12.2. The number of benzene rings is 3. The van der Waals surface area contributed by atoms with E-state index in [1.54, 1.807) is 48.5 Å². The van der Waals surface area contributed by atoms with Gasteiger partial charge in [0.2, 0.25) is 0 Å². The molecule has 0 unspecified atom stereocenters. The van der Waals surface area contributed by atoms with Gasteiger partial charge in [0.15, 0.2) is 0 Å². The third kappa shape index (κ3) is 5.99. The van der Waals surface area contributed by atoms with E-state index in [1.807, 2.05) is 6.92 Å². The Morgan fingerprint density at radius 3 is 2.34 bits per heavy atom. The third-order valence-corrected chi connectivity index (χ3v) is 4.19. The molecule has 0 atom stereocenters. The van der Waals surface area contributed by atoms with Gasteiger partial charge in [-0.2, -0.15) is 5.10 Å². The minimum absolute atomic E-state index is 0.118. The van der Waals surface area contributed by atoms with Gasteiger partial charge in [0.1, 0.15) is 11.5 Å². The monoisotopic (exact) mass is 433 g/mol. The lowest BCUT2D eigenvalue weighted by Gasteiger charge is -2.06. The summed E-state index contributed by atoms with van der Waals surface area (Å²) in [5, 5.41) is 14.6. The van der Waals surface area contributed by atoms with Gasteiger partial charge in [-0.3, -0.25) is 14.9 Å². The highest BCUT2D eigenvalue weighted by atomic mass is 16.6. The highest BCUT2D eigenvalue weighted by Crippen LogP contribution is 2.17. The number of rotatable bonds is 8. The number of carbonyl (C=O) groups excluding carboxylic acids is 2. The quantitative estimate of drug-likeness (QED) is 0.189. The molecule has 0 fully saturated rings. The number of hydrazone groups is 1. The molecule has 3 aromatic carbocycles. The maximum Gasteiger partial charge on any atom is 0.343 e. The van der Waals surface area contributed by atoms with Crippen molar-refractivity contribution in [3.05, 3.63) is 99.6 Å². The van der Waals surface area contributed by atoms with Gasteiger partial charge in [-0.05, 0) is 67.1 Å². The van der Waals surface area contributed by atoms with Crippen LogP contribution in [0.2, 0.25) is 0 Å². The van der Waals surface area contributed by atoms with Gasteiger partial charge < -0.3 is 9.47 Å². The van der Waals surface area contributed by atoms with Gasteiger partial charge in [-0.15, -0.1) is 0 Å². The zero-order valence-corrected chi connectivity index (χ0v) is 17.1. The second-order valence-electron chi connectivity index (χ2n) is 6.42. The van der Waals surface area contributed by atoms with Crippen LogP contribution in [0.5, 0.6) is 11.5 Å². The van der Waals surface area contributed by atoms with Crippen LogP contribution in [-0.2, 0) is 0 Å². The topological polar surface area (TPSA) is 120 Å². The first-order chi connectivity index (χ1) is 15.5. The Morgan fingerprint density at radius 2 is 1.69 bits per heavy atom. The summed E-state index contributed by atoms with van der Waals surface area (Å²) in [5.41, 5.74) is 3.28. The van der Waals surface area contributed by atoms with E-state index in [1.165, 1.54) is 30.5 Å². The number of ether oxygens (including phenoxy) is 2. The minimum atomic E-state index is -0.579. The van der Waals surface area contributed by atoms with Crippen LogP contribution in [-0.4, -0.2) is 29.6 Å². The zero-order chi connectivity index (χ0) is 22.9. The first kappa shape index (κ1) is 22.2. The van der Waals surface area contributed by atoms with Crippen LogP contribution in [0, 0.1) is 10.1 Å². The second kappa shape index (κ2) is 10.5. The molecule has 0 saturated carbocycles. The predicted octanol–water partition coefficient (Wildman–Crippen LogP) is 3.98. The first-order valence-electron chi connectivity index (χ1n) is 9.59. The average molecular weight is 433 g/mol. The largest absolute Gasteiger partial charge is 0.494 e. The summed E-state index contributed by atoms with van der Waals surface area (Å²) in [6.07, 6.45) is 1.40. The van der Waals surface area contributed by atoms with E-state index in [4.69, 9.17) is 9.47 Å². The van der Waals surface area contributed by atoms with E-state index in [9.17, 15) is 19.7 Å². The highest BCUT2D eigenvalue weighted by Gasteiger charge is 2.11. The Hall–Kier alpha value is -4.53. The van der Waals surface area contributed by atoms with Crippen LogP contribution < -0.4 is 14.9 Å². The fourth-order valence-corrected chi connectivity index (χ4v) is 2.63. The molecule has 3 rings (SSSR count). The molecule has 0 aliphatic heterocycles. The zero-order valence-electron chi connectivity index (χ0n) is 17.1. The number of carbonyl (C=O) groups is 2. The maximum absolute atomic E-state index is 12.2. The normalized spacial score (nSPS) is 10.5. The van der Waals surface area contributed by atoms with Crippen molar-refractivity contribution in [3.63, 3.8) is 0 Å². The van der Waals surface area contributed by atoms with Crippen LogP contribution in [0.4, 0.5) is 5.69 Å².